The lowest BCUT2D eigenvalue weighted by atomic mass is 9.86. The molecule has 0 aromatic heterocycles. The fourth-order valence-electron chi connectivity index (χ4n) is 4.99. The van der Waals surface area contributed by atoms with Crippen LogP contribution in [0.3, 0.4) is 0 Å². The quantitative estimate of drug-likeness (QED) is 0.0849. The van der Waals surface area contributed by atoms with Crippen molar-refractivity contribution < 1.29 is 24.2 Å². The summed E-state index contributed by atoms with van der Waals surface area (Å²) in [5.74, 6) is -3.02. The molecule has 224 valence electrons. The second kappa shape index (κ2) is 24.5. The zero-order valence-corrected chi connectivity index (χ0v) is 25.5. The Morgan fingerprint density at radius 3 is 1.50 bits per heavy atom. The zero-order chi connectivity index (χ0) is 28.6. The van der Waals surface area contributed by atoms with Crippen LogP contribution < -0.4 is 5.32 Å². The lowest BCUT2D eigenvalue weighted by Crippen LogP contribution is -2.37. The van der Waals surface area contributed by atoms with Crippen molar-refractivity contribution in [2.45, 2.75) is 163 Å². The molecule has 1 amide bonds. The largest absolute Gasteiger partial charge is 0.481 e. The summed E-state index contributed by atoms with van der Waals surface area (Å²) >= 11 is 0. The van der Waals surface area contributed by atoms with E-state index in [0.29, 0.717) is 13.0 Å². The van der Waals surface area contributed by atoms with E-state index in [1.807, 2.05) is 20.8 Å². The number of hydrogen-bond donors (Lipinski definition) is 2. The first kappa shape index (κ1) is 36.4. The van der Waals surface area contributed by atoms with E-state index in [4.69, 9.17) is 4.74 Å². The number of unbranched alkanes of at least 4 members (excludes halogenated alkanes) is 15. The molecule has 38 heavy (non-hydrogen) atoms. The number of ether oxygens (including phenoxy) is 1. The van der Waals surface area contributed by atoms with Crippen molar-refractivity contribution in [3.63, 3.8) is 0 Å². The zero-order valence-electron chi connectivity index (χ0n) is 25.5. The fraction of sp³-hybridized carbons (Fsp3) is 0.906. The van der Waals surface area contributed by atoms with Crippen molar-refractivity contribution in [3.8, 4) is 0 Å². The molecule has 0 saturated carbocycles. The van der Waals surface area contributed by atoms with Crippen LogP contribution in [0.4, 0.5) is 0 Å². The van der Waals surface area contributed by atoms with Crippen LogP contribution >= 0.6 is 0 Å². The van der Waals surface area contributed by atoms with Gasteiger partial charge in [0, 0.05) is 12.0 Å². The molecule has 0 saturated heterocycles. The number of rotatable bonds is 26. The van der Waals surface area contributed by atoms with Crippen LogP contribution in [0.1, 0.15) is 157 Å². The molecule has 0 heterocycles. The Morgan fingerprint density at radius 1 is 0.658 bits per heavy atom. The summed E-state index contributed by atoms with van der Waals surface area (Å²) in [6, 6.07) is 0.0123. The van der Waals surface area contributed by atoms with E-state index in [0.717, 1.165) is 12.8 Å². The highest BCUT2D eigenvalue weighted by atomic mass is 16.5. The molecular formula is C32H61NO5. The van der Waals surface area contributed by atoms with Crippen LogP contribution in [0.25, 0.3) is 0 Å². The topological polar surface area (TPSA) is 92.7 Å². The van der Waals surface area contributed by atoms with E-state index in [9.17, 15) is 19.5 Å². The summed E-state index contributed by atoms with van der Waals surface area (Å²) in [5.41, 5.74) is 0. The van der Waals surface area contributed by atoms with Crippen molar-refractivity contribution in [1.29, 1.82) is 0 Å². The number of carbonyl (C=O) groups is 3. The number of carboxylic acid groups (broad SMARTS) is 1. The maximum Gasteiger partial charge on any atom is 0.308 e. The summed E-state index contributed by atoms with van der Waals surface area (Å²) in [4.78, 5) is 36.5. The van der Waals surface area contributed by atoms with Crippen molar-refractivity contribution in [2.75, 3.05) is 6.61 Å². The summed E-state index contributed by atoms with van der Waals surface area (Å²) in [6.45, 7) is 10.0. The summed E-state index contributed by atoms with van der Waals surface area (Å²) in [5, 5.41) is 12.5. The summed E-state index contributed by atoms with van der Waals surface area (Å²) in [6.07, 6.45) is 21.8. The molecule has 0 spiro atoms. The Kier molecular flexibility index (Phi) is 23.4. The van der Waals surface area contributed by atoms with Crippen LogP contribution in [0.15, 0.2) is 0 Å². The van der Waals surface area contributed by atoms with Crippen molar-refractivity contribution in [1.82, 2.24) is 5.32 Å². The first-order valence-electron chi connectivity index (χ1n) is 15.9. The molecule has 0 aliphatic carbocycles. The smallest absolute Gasteiger partial charge is 0.308 e. The Labute approximate surface area is 234 Å². The molecule has 0 rings (SSSR count). The first-order chi connectivity index (χ1) is 18.2. The van der Waals surface area contributed by atoms with Gasteiger partial charge in [0.15, 0.2) is 0 Å². The Bertz CT molecular complexity index is 607. The van der Waals surface area contributed by atoms with E-state index in [-0.39, 0.29) is 36.7 Å². The minimum atomic E-state index is -0.960. The Morgan fingerprint density at radius 2 is 1.11 bits per heavy atom. The SMILES string of the molecule is CCCCCCCCCCCCCCCCCCOC(=O)C(C)CC(CC(CC)C(=O)NC(C)C)C(=O)O. The fourth-order valence-corrected chi connectivity index (χ4v) is 4.99. The second-order valence-electron chi connectivity index (χ2n) is 11.6. The van der Waals surface area contributed by atoms with Gasteiger partial charge in [-0.1, -0.05) is 117 Å². The maximum atomic E-state index is 12.4. The number of hydrogen-bond acceptors (Lipinski definition) is 4. The molecule has 6 nitrogen and oxygen atoms in total. The number of amides is 1. The standard InChI is InChI=1S/C32H61NO5/c1-6-8-9-10-11-12-13-14-15-16-17-18-19-20-21-22-23-38-32(37)27(5)24-29(31(35)36)25-28(7-2)30(34)33-26(3)4/h26-29H,6-25H2,1-5H3,(H,33,34)(H,35,36). The molecule has 0 aromatic rings. The lowest BCUT2D eigenvalue weighted by molar-refractivity contribution is -0.150. The maximum absolute atomic E-state index is 12.4. The van der Waals surface area contributed by atoms with Gasteiger partial charge >= 0.3 is 11.9 Å². The molecular weight excluding hydrogens is 478 g/mol. The third-order valence-corrected chi connectivity index (χ3v) is 7.50. The number of esters is 1. The molecule has 0 bridgehead atoms. The highest BCUT2D eigenvalue weighted by Gasteiger charge is 2.30. The third-order valence-electron chi connectivity index (χ3n) is 7.50. The molecule has 2 N–H and O–H groups in total. The third kappa shape index (κ3) is 20.4. The monoisotopic (exact) mass is 539 g/mol. The highest BCUT2D eigenvalue weighted by molar-refractivity contribution is 5.80. The van der Waals surface area contributed by atoms with Crippen LogP contribution in [0.2, 0.25) is 0 Å². The van der Waals surface area contributed by atoms with Crippen molar-refractivity contribution >= 4 is 17.8 Å². The Balaban J connectivity index is 3.87. The van der Waals surface area contributed by atoms with Gasteiger partial charge in [-0.25, -0.2) is 0 Å². The molecule has 6 heteroatoms. The minimum absolute atomic E-state index is 0.0123. The van der Waals surface area contributed by atoms with Gasteiger partial charge in [-0.3, -0.25) is 14.4 Å². The normalized spacial score (nSPS) is 13.7. The van der Waals surface area contributed by atoms with E-state index in [2.05, 4.69) is 12.2 Å². The number of carboxylic acids is 1. The van der Waals surface area contributed by atoms with Crippen LogP contribution in [0, 0.1) is 17.8 Å². The number of aliphatic carboxylic acids is 1. The Hall–Kier alpha value is -1.59. The average molecular weight is 540 g/mol. The van der Waals surface area contributed by atoms with Gasteiger partial charge in [0.1, 0.15) is 0 Å². The number of carbonyl (C=O) groups excluding carboxylic acids is 2. The van der Waals surface area contributed by atoms with Crippen LogP contribution in [-0.2, 0) is 19.1 Å². The van der Waals surface area contributed by atoms with E-state index >= 15 is 0 Å². The van der Waals surface area contributed by atoms with Gasteiger partial charge in [-0.2, -0.15) is 0 Å². The molecule has 0 radical (unpaired) electrons. The predicted octanol–water partition coefficient (Wildman–Crippen LogP) is 8.46. The first-order valence-corrected chi connectivity index (χ1v) is 15.9. The highest BCUT2D eigenvalue weighted by Crippen LogP contribution is 2.24. The number of nitrogens with one attached hydrogen (secondary N) is 1. The summed E-state index contributed by atoms with van der Waals surface area (Å²) < 4.78 is 5.42. The van der Waals surface area contributed by atoms with E-state index < -0.39 is 17.8 Å². The summed E-state index contributed by atoms with van der Waals surface area (Å²) in [7, 11) is 0. The molecule has 0 aliphatic heterocycles. The molecule has 3 atom stereocenters. The molecule has 0 aliphatic rings. The van der Waals surface area contributed by atoms with Crippen molar-refractivity contribution in [2.24, 2.45) is 17.8 Å². The molecule has 0 fully saturated rings. The lowest BCUT2D eigenvalue weighted by Gasteiger charge is -2.22. The van der Waals surface area contributed by atoms with Crippen molar-refractivity contribution in [3.05, 3.63) is 0 Å². The molecule has 3 unspecified atom stereocenters. The van der Waals surface area contributed by atoms with Gasteiger partial charge in [-0.15, -0.1) is 0 Å². The van der Waals surface area contributed by atoms with Crippen LogP contribution in [-0.4, -0.2) is 35.6 Å². The molecule has 0 aromatic carbocycles. The van der Waals surface area contributed by atoms with E-state index in [1.165, 1.54) is 89.9 Å². The van der Waals surface area contributed by atoms with Gasteiger partial charge in [-0.05, 0) is 39.5 Å². The van der Waals surface area contributed by atoms with Gasteiger partial charge in [0.2, 0.25) is 5.91 Å². The predicted molar refractivity (Wildman–Crippen MR) is 157 cm³/mol. The van der Waals surface area contributed by atoms with Gasteiger partial charge in [0.25, 0.3) is 0 Å². The second-order valence-corrected chi connectivity index (χ2v) is 11.6. The van der Waals surface area contributed by atoms with E-state index in [1.54, 1.807) is 6.92 Å². The average Bonchev–Trinajstić information content (AvgIpc) is 2.87. The van der Waals surface area contributed by atoms with Gasteiger partial charge < -0.3 is 15.2 Å². The minimum Gasteiger partial charge on any atom is -0.481 e. The van der Waals surface area contributed by atoms with Gasteiger partial charge in [0.05, 0.1) is 18.4 Å². The van der Waals surface area contributed by atoms with Crippen LogP contribution in [0.5, 0.6) is 0 Å².